The molecule has 0 aliphatic heterocycles. The highest BCUT2D eigenvalue weighted by atomic mass is 16.3. The molecule has 0 rings (SSSR count). The van der Waals surface area contributed by atoms with Crippen molar-refractivity contribution >= 4 is 5.91 Å². The Labute approximate surface area is 92.4 Å². The summed E-state index contributed by atoms with van der Waals surface area (Å²) in [6.45, 7) is 8.43. The number of hydrogen-bond donors (Lipinski definition) is 3. The molecule has 0 aliphatic carbocycles. The quantitative estimate of drug-likeness (QED) is 0.585. The van der Waals surface area contributed by atoms with E-state index < -0.39 is 0 Å². The molecule has 0 saturated carbocycles. The Morgan fingerprint density at radius 3 is 2.20 bits per heavy atom. The maximum atomic E-state index is 11.5. The van der Waals surface area contributed by atoms with Gasteiger partial charge in [0.2, 0.25) is 5.91 Å². The lowest BCUT2D eigenvalue weighted by molar-refractivity contribution is -0.123. The molecular formula is C11H24N2O2. The monoisotopic (exact) mass is 216 g/mol. The predicted octanol–water partition coefficient (Wildman–Crippen LogP) is 0.652. The summed E-state index contributed by atoms with van der Waals surface area (Å²) in [6, 6.07) is -0.267. The van der Waals surface area contributed by atoms with Crippen LogP contribution in [0.5, 0.6) is 0 Å². The van der Waals surface area contributed by atoms with Crippen molar-refractivity contribution in [2.24, 2.45) is 0 Å². The van der Waals surface area contributed by atoms with Crippen LogP contribution in [0.1, 0.15) is 40.5 Å². The van der Waals surface area contributed by atoms with Gasteiger partial charge in [-0.1, -0.05) is 13.8 Å². The van der Waals surface area contributed by atoms with Crippen LogP contribution in [0.2, 0.25) is 0 Å². The largest absolute Gasteiger partial charge is 0.394 e. The van der Waals surface area contributed by atoms with Crippen molar-refractivity contribution < 1.29 is 9.90 Å². The van der Waals surface area contributed by atoms with Crippen molar-refractivity contribution in [2.45, 2.75) is 52.1 Å². The maximum absolute atomic E-state index is 11.5. The van der Waals surface area contributed by atoms with Crippen LogP contribution < -0.4 is 10.6 Å². The molecule has 0 saturated heterocycles. The van der Waals surface area contributed by atoms with Gasteiger partial charge in [-0.3, -0.25) is 10.1 Å². The van der Waals surface area contributed by atoms with Crippen LogP contribution >= 0.6 is 0 Å². The van der Waals surface area contributed by atoms with E-state index in [4.69, 9.17) is 0 Å². The van der Waals surface area contributed by atoms with Crippen molar-refractivity contribution in [2.75, 3.05) is 13.2 Å². The van der Waals surface area contributed by atoms with Crippen LogP contribution in [0.3, 0.4) is 0 Å². The minimum absolute atomic E-state index is 0.0165. The molecule has 15 heavy (non-hydrogen) atoms. The fraction of sp³-hybridized carbons (Fsp3) is 0.909. The molecule has 0 aromatic carbocycles. The first-order valence-electron chi connectivity index (χ1n) is 5.71. The van der Waals surface area contributed by atoms with Crippen molar-refractivity contribution in [1.29, 1.82) is 0 Å². The molecule has 3 N–H and O–H groups in total. The number of likely N-dealkylation sites (N-methyl/N-ethyl adjacent to an activating group) is 1. The lowest BCUT2D eigenvalue weighted by Crippen LogP contribution is -2.56. The van der Waals surface area contributed by atoms with E-state index in [0.29, 0.717) is 6.54 Å². The van der Waals surface area contributed by atoms with Gasteiger partial charge in [-0.05, 0) is 26.7 Å². The minimum atomic E-state index is -0.329. The van der Waals surface area contributed by atoms with Gasteiger partial charge in [-0.15, -0.1) is 0 Å². The van der Waals surface area contributed by atoms with Gasteiger partial charge in [0.05, 0.1) is 12.6 Å². The van der Waals surface area contributed by atoms with Gasteiger partial charge in [0.15, 0.2) is 0 Å². The Morgan fingerprint density at radius 1 is 1.33 bits per heavy atom. The van der Waals surface area contributed by atoms with Crippen LogP contribution in [-0.2, 0) is 4.79 Å². The van der Waals surface area contributed by atoms with Crippen LogP contribution in [0.15, 0.2) is 0 Å². The van der Waals surface area contributed by atoms with E-state index >= 15 is 0 Å². The van der Waals surface area contributed by atoms with Crippen molar-refractivity contribution in [3.63, 3.8) is 0 Å². The SMILES string of the molecule is CCNC(=O)C(C)NC(CC)(CC)CO. The maximum Gasteiger partial charge on any atom is 0.236 e. The second kappa shape index (κ2) is 6.80. The second-order valence-corrected chi connectivity index (χ2v) is 3.91. The van der Waals surface area contributed by atoms with Gasteiger partial charge in [-0.2, -0.15) is 0 Å². The third-order valence-corrected chi connectivity index (χ3v) is 2.92. The summed E-state index contributed by atoms with van der Waals surface area (Å²) in [6.07, 6.45) is 1.62. The van der Waals surface area contributed by atoms with Crippen molar-refractivity contribution in [1.82, 2.24) is 10.6 Å². The molecule has 4 heteroatoms. The Bertz CT molecular complexity index is 183. The highest BCUT2D eigenvalue weighted by Gasteiger charge is 2.28. The summed E-state index contributed by atoms with van der Waals surface area (Å²) in [7, 11) is 0. The fourth-order valence-corrected chi connectivity index (χ4v) is 1.58. The summed E-state index contributed by atoms with van der Waals surface area (Å²) in [5, 5.41) is 15.3. The number of hydrogen-bond acceptors (Lipinski definition) is 3. The third-order valence-electron chi connectivity index (χ3n) is 2.92. The topological polar surface area (TPSA) is 61.4 Å². The highest BCUT2D eigenvalue weighted by molar-refractivity contribution is 5.81. The molecule has 0 fully saturated rings. The number of rotatable bonds is 7. The lowest BCUT2D eigenvalue weighted by Gasteiger charge is -2.33. The molecule has 0 spiro atoms. The fourth-order valence-electron chi connectivity index (χ4n) is 1.58. The summed E-state index contributed by atoms with van der Waals surface area (Å²) in [4.78, 5) is 11.5. The Balaban J connectivity index is 4.34. The molecular weight excluding hydrogens is 192 g/mol. The molecule has 4 nitrogen and oxygen atoms in total. The van der Waals surface area contributed by atoms with E-state index in [-0.39, 0.29) is 24.1 Å². The number of aliphatic hydroxyl groups excluding tert-OH is 1. The first-order valence-corrected chi connectivity index (χ1v) is 5.71. The molecule has 1 atom stereocenters. The molecule has 1 unspecified atom stereocenters. The van der Waals surface area contributed by atoms with Gasteiger partial charge >= 0.3 is 0 Å². The van der Waals surface area contributed by atoms with E-state index in [2.05, 4.69) is 10.6 Å². The van der Waals surface area contributed by atoms with Gasteiger partial charge in [0, 0.05) is 12.1 Å². The number of carbonyl (C=O) groups is 1. The van der Waals surface area contributed by atoms with E-state index in [1.807, 2.05) is 27.7 Å². The molecule has 0 aromatic rings. The Hall–Kier alpha value is -0.610. The van der Waals surface area contributed by atoms with Gasteiger partial charge in [0.1, 0.15) is 0 Å². The zero-order valence-electron chi connectivity index (χ0n) is 10.3. The third kappa shape index (κ3) is 4.18. The van der Waals surface area contributed by atoms with Crippen LogP contribution in [-0.4, -0.2) is 35.7 Å². The number of aliphatic hydroxyl groups is 1. The summed E-state index contributed by atoms with van der Waals surface area (Å²) in [5.74, 6) is -0.0165. The van der Waals surface area contributed by atoms with E-state index in [1.165, 1.54) is 0 Å². The molecule has 90 valence electrons. The second-order valence-electron chi connectivity index (χ2n) is 3.91. The summed E-state index contributed by atoms with van der Waals surface area (Å²) in [5.41, 5.74) is -0.329. The first kappa shape index (κ1) is 14.4. The van der Waals surface area contributed by atoms with Gasteiger partial charge in [-0.25, -0.2) is 0 Å². The smallest absolute Gasteiger partial charge is 0.236 e. The van der Waals surface area contributed by atoms with Gasteiger partial charge in [0.25, 0.3) is 0 Å². The van der Waals surface area contributed by atoms with E-state index in [9.17, 15) is 9.90 Å². The van der Waals surface area contributed by atoms with Crippen molar-refractivity contribution in [3.8, 4) is 0 Å². The molecule has 0 bridgehead atoms. The van der Waals surface area contributed by atoms with E-state index in [1.54, 1.807) is 0 Å². The Kier molecular flexibility index (Phi) is 6.52. The van der Waals surface area contributed by atoms with Crippen molar-refractivity contribution in [3.05, 3.63) is 0 Å². The van der Waals surface area contributed by atoms with Gasteiger partial charge < -0.3 is 10.4 Å². The summed E-state index contributed by atoms with van der Waals surface area (Å²) < 4.78 is 0. The minimum Gasteiger partial charge on any atom is -0.394 e. The van der Waals surface area contributed by atoms with Crippen LogP contribution in [0.25, 0.3) is 0 Å². The van der Waals surface area contributed by atoms with Crippen LogP contribution in [0, 0.1) is 0 Å². The molecule has 1 amide bonds. The van der Waals surface area contributed by atoms with Crippen LogP contribution in [0.4, 0.5) is 0 Å². The normalized spacial score (nSPS) is 13.7. The molecule has 0 aliphatic rings. The molecule has 0 radical (unpaired) electrons. The standard InChI is InChI=1S/C11H24N2O2/c1-5-11(6-2,8-14)13-9(4)10(15)12-7-3/h9,13-14H,5-8H2,1-4H3,(H,12,15). The molecule has 0 aromatic heterocycles. The number of nitrogens with one attached hydrogen (secondary N) is 2. The first-order chi connectivity index (χ1) is 7.05. The predicted molar refractivity (Wildman–Crippen MR) is 61.7 cm³/mol. The highest BCUT2D eigenvalue weighted by Crippen LogP contribution is 2.14. The average Bonchev–Trinajstić information content (AvgIpc) is 2.26. The number of carbonyl (C=O) groups excluding carboxylic acids is 1. The summed E-state index contributed by atoms with van der Waals surface area (Å²) >= 11 is 0. The Morgan fingerprint density at radius 2 is 1.87 bits per heavy atom. The zero-order valence-corrected chi connectivity index (χ0v) is 10.3. The van der Waals surface area contributed by atoms with E-state index in [0.717, 1.165) is 12.8 Å². The molecule has 0 heterocycles. The number of amides is 1. The zero-order chi connectivity index (χ0) is 11.9. The average molecular weight is 216 g/mol. The lowest BCUT2D eigenvalue weighted by atomic mass is 9.93.